The molecule has 1 amide bonds. The Labute approximate surface area is 123 Å². The van der Waals surface area contributed by atoms with Gasteiger partial charge in [0.05, 0.1) is 4.92 Å². The first-order valence-corrected chi connectivity index (χ1v) is 7.03. The summed E-state index contributed by atoms with van der Waals surface area (Å²) < 4.78 is 0. The molecule has 0 heterocycles. The number of nitrogens with zero attached hydrogens (tertiary/aromatic N) is 1. The number of rotatable bonds is 4. The van der Waals surface area contributed by atoms with E-state index in [4.69, 9.17) is 5.84 Å². The molecule has 0 saturated heterocycles. The van der Waals surface area contributed by atoms with Gasteiger partial charge in [-0.2, -0.15) is 0 Å². The van der Waals surface area contributed by atoms with E-state index < -0.39 is 10.8 Å². The topological polar surface area (TPSA) is 110 Å². The fraction of sp³-hybridized carbons (Fsp3) is 0.500. The highest BCUT2D eigenvalue weighted by Crippen LogP contribution is 2.31. The summed E-state index contributed by atoms with van der Waals surface area (Å²) in [6.45, 7) is 1.99. The van der Waals surface area contributed by atoms with Crippen LogP contribution in [0.3, 0.4) is 0 Å². The molecule has 4 N–H and O–H groups in total. The average molecular weight is 292 g/mol. The Morgan fingerprint density at radius 1 is 1.33 bits per heavy atom. The quantitative estimate of drug-likeness (QED) is 0.448. The Hall–Kier alpha value is -2.15. The number of anilines is 1. The van der Waals surface area contributed by atoms with Crippen LogP contribution in [0.2, 0.25) is 0 Å². The summed E-state index contributed by atoms with van der Waals surface area (Å²) in [6.07, 6.45) is 5.06. The molecule has 1 saturated carbocycles. The molecule has 21 heavy (non-hydrogen) atoms. The SMILES string of the molecule is CC1(NC(=O)c2cccc(NN)c2[N+](=O)[O-])CCCCC1. The Balaban J connectivity index is 2.28. The Morgan fingerprint density at radius 2 is 2.00 bits per heavy atom. The number of hydrogen-bond donors (Lipinski definition) is 3. The first kappa shape index (κ1) is 15.2. The number of nitrogens with one attached hydrogen (secondary N) is 2. The van der Waals surface area contributed by atoms with Gasteiger partial charge in [-0.15, -0.1) is 0 Å². The lowest BCUT2D eigenvalue weighted by Crippen LogP contribution is -2.47. The maximum Gasteiger partial charge on any atom is 0.306 e. The second kappa shape index (κ2) is 6.09. The van der Waals surface area contributed by atoms with Crippen molar-refractivity contribution in [3.8, 4) is 0 Å². The van der Waals surface area contributed by atoms with E-state index in [0.29, 0.717) is 0 Å². The van der Waals surface area contributed by atoms with Crippen LogP contribution < -0.4 is 16.6 Å². The van der Waals surface area contributed by atoms with E-state index in [-0.39, 0.29) is 22.5 Å². The molecule has 2 rings (SSSR count). The predicted molar refractivity (Wildman–Crippen MR) is 79.9 cm³/mol. The lowest BCUT2D eigenvalue weighted by Gasteiger charge is -2.34. The number of nitrogens with two attached hydrogens (primary N) is 1. The van der Waals surface area contributed by atoms with Crippen molar-refractivity contribution >= 4 is 17.3 Å². The second-order valence-electron chi connectivity index (χ2n) is 5.68. The molecule has 114 valence electrons. The molecule has 0 radical (unpaired) electrons. The molecule has 0 bridgehead atoms. The third-order valence-electron chi connectivity index (χ3n) is 3.99. The third kappa shape index (κ3) is 3.30. The highest BCUT2D eigenvalue weighted by atomic mass is 16.6. The maximum absolute atomic E-state index is 12.4. The van der Waals surface area contributed by atoms with E-state index in [9.17, 15) is 14.9 Å². The number of nitro groups is 1. The molecule has 0 aromatic heterocycles. The van der Waals surface area contributed by atoms with E-state index in [1.165, 1.54) is 12.1 Å². The first-order chi connectivity index (χ1) is 9.97. The first-order valence-electron chi connectivity index (χ1n) is 7.03. The van der Waals surface area contributed by atoms with Crippen LogP contribution in [0.1, 0.15) is 49.4 Å². The van der Waals surface area contributed by atoms with E-state index in [1.807, 2.05) is 6.92 Å². The Morgan fingerprint density at radius 3 is 2.57 bits per heavy atom. The predicted octanol–water partition coefficient (Wildman–Crippen LogP) is 2.33. The zero-order chi connectivity index (χ0) is 15.5. The van der Waals surface area contributed by atoms with Crippen molar-refractivity contribution in [3.63, 3.8) is 0 Å². The highest BCUT2D eigenvalue weighted by Gasteiger charge is 2.32. The van der Waals surface area contributed by atoms with Crippen molar-refractivity contribution in [3.05, 3.63) is 33.9 Å². The van der Waals surface area contributed by atoms with Crippen molar-refractivity contribution in [1.82, 2.24) is 5.32 Å². The minimum absolute atomic E-state index is 0.0299. The van der Waals surface area contributed by atoms with Gasteiger partial charge in [0.15, 0.2) is 0 Å². The minimum Gasteiger partial charge on any atom is -0.347 e. The number of carbonyl (C=O) groups excluding carboxylic acids is 1. The molecule has 7 nitrogen and oxygen atoms in total. The van der Waals surface area contributed by atoms with Crippen molar-refractivity contribution in [2.24, 2.45) is 5.84 Å². The van der Waals surface area contributed by atoms with Gasteiger partial charge >= 0.3 is 5.69 Å². The summed E-state index contributed by atoms with van der Waals surface area (Å²) in [6, 6.07) is 4.48. The van der Waals surface area contributed by atoms with E-state index in [0.717, 1.165) is 32.1 Å². The fourth-order valence-corrected chi connectivity index (χ4v) is 2.84. The smallest absolute Gasteiger partial charge is 0.306 e. The second-order valence-corrected chi connectivity index (χ2v) is 5.68. The van der Waals surface area contributed by atoms with Crippen LogP contribution in [0.15, 0.2) is 18.2 Å². The van der Waals surface area contributed by atoms with Crippen molar-refractivity contribution < 1.29 is 9.72 Å². The van der Waals surface area contributed by atoms with Crippen LogP contribution in [-0.4, -0.2) is 16.4 Å². The van der Waals surface area contributed by atoms with Crippen LogP contribution >= 0.6 is 0 Å². The largest absolute Gasteiger partial charge is 0.347 e. The van der Waals surface area contributed by atoms with Gasteiger partial charge in [0, 0.05) is 5.54 Å². The molecule has 0 spiro atoms. The molecule has 1 fully saturated rings. The maximum atomic E-state index is 12.4. The zero-order valence-corrected chi connectivity index (χ0v) is 12.0. The van der Waals surface area contributed by atoms with Gasteiger partial charge in [-0.05, 0) is 31.9 Å². The summed E-state index contributed by atoms with van der Waals surface area (Å²) in [5.74, 6) is 4.85. The number of benzene rings is 1. The summed E-state index contributed by atoms with van der Waals surface area (Å²) in [4.78, 5) is 23.0. The van der Waals surface area contributed by atoms with E-state index >= 15 is 0 Å². The average Bonchev–Trinajstić information content (AvgIpc) is 2.46. The number of hydrogen-bond acceptors (Lipinski definition) is 5. The Bertz CT molecular complexity index is 553. The van der Waals surface area contributed by atoms with Crippen LogP contribution in [-0.2, 0) is 0 Å². The molecule has 7 heteroatoms. The van der Waals surface area contributed by atoms with Gasteiger partial charge < -0.3 is 10.7 Å². The number of hydrazine groups is 1. The summed E-state index contributed by atoms with van der Waals surface area (Å²) in [5.41, 5.74) is 1.83. The number of nitrogen functional groups attached to an aromatic ring is 1. The van der Waals surface area contributed by atoms with Gasteiger partial charge in [-0.25, -0.2) is 0 Å². The lowest BCUT2D eigenvalue weighted by atomic mass is 9.83. The van der Waals surface area contributed by atoms with Crippen molar-refractivity contribution in [2.45, 2.75) is 44.6 Å². The number of amides is 1. The molecule has 1 aromatic rings. The van der Waals surface area contributed by atoms with E-state index in [1.54, 1.807) is 6.07 Å². The van der Waals surface area contributed by atoms with Gasteiger partial charge in [0.1, 0.15) is 11.3 Å². The van der Waals surface area contributed by atoms with Crippen LogP contribution in [0.5, 0.6) is 0 Å². The molecule has 1 aliphatic carbocycles. The molecule has 0 atom stereocenters. The molecular weight excluding hydrogens is 272 g/mol. The molecule has 1 aliphatic rings. The van der Waals surface area contributed by atoms with Gasteiger partial charge in [-0.3, -0.25) is 20.8 Å². The van der Waals surface area contributed by atoms with Crippen molar-refractivity contribution in [1.29, 1.82) is 0 Å². The van der Waals surface area contributed by atoms with Crippen LogP contribution in [0.4, 0.5) is 11.4 Å². The summed E-state index contributed by atoms with van der Waals surface area (Å²) in [7, 11) is 0. The molecular formula is C14H20N4O3. The molecule has 1 aromatic carbocycles. The van der Waals surface area contributed by atoms with Gasteiger partial charge in [-0.1, -0.05) is 25.3 Å². The standard InChI is InChI=1S/C14H20N4O3/c1-14(8-3-2-4-9-14)16-13(19)10-6-5-7-11(17-15)12(10)18(20)21/h5-7,17H,2-4,8-9,15H2,1H3,(H,16,19). The third-order valence-corrected chi connectivity index (χ3v) is 3.99. The minimum atomic E-state index is -0.590. The highest BCUT2D eigenvalue weighted by molar-refractivity contribution is 6.00. The normalized spacial score (nSPS) is 17.0. The fourth-order valence-electron chi connectivity index (χ4n) is 2.84. The van der Waals surface area contributed by atoms with Gasteiger partial charge in [0.2, 0.25) is 0 Å². The summed E-state index contributed by atoms with van der Waals surface area (Å²) in [5, 5.41) is 14.2. The zero-order valence-electron chi connectivity index (χ0n) is 12.0. The van der Waals surface area contributed by atoms with Crippen molar-refractivity contribution in [2.75, 3.05) is 5.43 Å². The lowest BCUT2D eigenvalue weighted by molar-refractivity contribution is -0.384. The monoisotopic (exact) mass is 292 g/mol. The van der Waals surface area contributed by atoms with Crippen LogP contribution in [0, 0.1) is 10.1 Å². The van der Waals surface area contributed by atoms with Crippen LogP contribution in [0.25, 0.3) is 0 Å². The summed E-state index contributed by atoms with van der Waals surface area (Å²) >= 11 is 0. The molecule has 0 aliphatic heterocycles. The number of carbonyl (C=O) groups is 1. The van der Waals surface area contributed by atoms with E-state index in [2.05, 4.69) is 10.7 Å². The molecule has 0 unspecified atom stereocenters. The Kier molecular flexibility index (Phi) is 4.42. The number of nitro benzene ring substituents is 1. The number of para-hydroxylation sites is 1. The van der Waals surface area contributed by atoms with Gasteiger partial charge in [0.25, 0.3) is 5.91 Å².